The van der Waals surface area contributed by atoms with Crippen molar-refractivity contribution in [3.05, 3.63) is 58.3 Å². The van der Waals surface area contributed by atoms with E-state index in [0.717, 1.165) is 10.0 Å². The summed E-state index contributed by atoms with van der Waals surface area (Å²) in [7, 11) is 0. The Hall–Kier alpha value is -1.55. The highest BCUT2D eigenvalue weighted by Crippen LogP contribution is 2.24. The summed E-state index contributed by atoms with van der Waals surface area (Å²) in [5, 5.41) is 0. The lowest BCUT2D eigenvalue weighted by Gasteiger charge is -2.09. The molecule has 4 heteroatoms. The Bertz CT molecular complexity index is 531. The summed E-state index contributed by atoms with van der Waals surface area (Å²) in [6, 6.07) is 11.8. The van der Waals surface area contributed by atoms with E-state index in [1.54, 1.807) is 0 Å². The third-order valence-corrected chi connectivity index (χ3v) is 3.09. The number of nitrogen functional groups attached to an aromatic ring is 1. The van der Waals surface area contributed by atoms with Gasteiger partial charge in [-0.3, -0.25) is 0 Å². The molecule has 0 aliphatic carbocycles. The smallest absolute Gasteiger partial charge is 0.145 e. The molecule has 2 nitrogen and oxygen atoms in total. The molecule has 0 atom stereocenters. The quantitative estimate of drug-likeness (QED) is 0.875. The second-order valence-electron chi connectivity index (χ2n) is 3.56. The van der Waals surface area contributed by atoms with Gasteiger partial charge in [-0.05, 0) is 18.2 Å². The maximum atomic E-state index is 13.0. The first kappa shape index (κ1) is 11.9. The molecule has 17 heavy (non-hydrogen) atoms. The predicted molar refractivity (Wildman–Crippen MR) is 69.3 cm³/mol. The van der Waals surface area contributed by atoms with Gasteiger partial charge in [0.2, 0.25) is 0 Å². The number of hydrogen-bond acceptors (Lipinski definition) is 2. The minimum Gasteiger partial charge on any atom is -0.487 e. The van der Waals surface area contributed by atoms with Gasteiger partial charge in [0.1, 0.15) is 18.2 Å². The van der Waals surface area contributed by atoms with Crippen molar-refractivity contribution in [2.75, 3.05) is 5.73 Å². The third kappa shape index (κ3) is 2.97. The van der Waals surface area contributed by atoms with Gasteiger partial charge in [0, 0.05) is 16.1 Å². The maximum absolute atomic E-state index is 13.0. The molecular formula is C13H11BrFNO. The number of benzene rings is 2. The van der Waals surface area contributed by atoms with E-state index in [1.807, 2.05) is 24.3 Å². The van der Waals surface area contributed by atoms with Crippen molar-refractivity contribution < 1.29 is 9.13 Å². The molecule has 0 heterocycles. The molecule has 0 unspecified atom stereocenters. The normalized spacial score (nSPS) is 10.2. The molecule has 88 valence electrons. The van der Waals surface area contributed by atoms with E-state index in [4.69, 9.17) is 10.5 Å². The van der Waals surface area contributed by atoms with E-state index >= 15 is 0 Å². The van der Waals surface area contributed by atoms with Crippen molar-refractivity contribution in [2.45, 2.75) is 6.61 Å². The topological polar surface area (TPSA) is 35.2 Å². The average molecular weight is 296 g/mol. The second kappa shape index (κ2) is 5.19. The number of hydrogen-bond donors (Lipinski definition) is 1. The first-order chi connectivity index (χ1) is 8.16. The summed E-state index contributed by atoms with van der Waals surface area (Å²) in [6.07, 6.45) is 0. The molecular weight excluding hydrogens is 285 g/mol. The van der Waals surface area contributed by atoms with E-state index in [-0.39, 0.29) is 5.82 Å². The fraction of sp³-hybridized carbons (Fsp3) is 0.0769. The van der Waals surface area contributed by atoms with Gasteiger partial charge < -0.3 is 10.5 Å². The van der Waals surface area contributed by atoms with E-state index in [2.05, 4.69) is 15.9 Å². The summed E-state index contributed by atoms with van der Waals surface area (Å²) in [5.41, 5.74) is 7.10. The van der Waals surface area contributed by atoms with Crippen LogP contribution in [0.4, 0.5) is 10.1 Å². The lowest BCUT2D eigenvalue weighted by molar-refractivity contribution is 0.305. The summed E-state index contributed by atoms with van der Waals surface area (Å²) < 4.78 is 19.5. The van der Waals surface area contributed by atoms with E-state index in [0.29, 0.717) is 18.0 Å². The minimum atomic E-state index is -0.360. The molecule has 2 rings (SSSR count). The van der Waals surface area contributed by atoms with Crippen LogP contribution >= 0.6 is 15.9 Å². The van der Waals surface area contributed by atoms with Crippen molar-refractivity contribution in [2.24, 2.45) is 0 Å². The second-order valence-corrected chi connectivity index (χ2v) is 4.42. The molecule has 2 aromatic carbocycles. The van der Waals surface area contributed by atoms with Crippen LogP contribution in [0.25, 0.3) is 0 Å². The lowest BCUT2D eigenvalue weighted by Crippen LogP contribution is -1.99. The molecule has 0 aromatic heterocycles. The van der Waals surface area contributed by atoms with Crippen LogP contribution in [-0.4, -0.2) is 0 Å². The molecule has 0 bridgehead atoms. The molecule has 0 spiro atoms. The van der Waals surface area contributed by atoms with Crippen LogP contribution in [0, 0.1) is 5.82 Å². The Morgan fingerprint density at radius 3 is 2.71 bits per heavy atom. The predicted octanol–water partition coefficient (Wildman–Crippen LogP) is 3.75. The van der Waals surface area contributed by atoms with Crippen LogP contribution in [0.3, 0.4) is 0 Å². The Labute approximate surface area is 107 Å². The zero-order chi connectivity index (χ0) is 12.3. The van der Waals surface area contributed by atoms with Gasteiger partial charge in [0.05, 0.1) is 5.69 Å². The van der Waals surface area contributed by atoms with E-state index < -0.39 is 0 Å². The number of ether oxygens (including phenoxy) is 1. The van der Waals surface area contributed by atoms with Crippen LogP contribution in [0.2, 0.25) is 0 Å². The van der Waals surface area contributed by atoms with Gasteiger partial charge in [-0.2, -0.15) is 0 Å². The largest absolute Gasteiger partial charge is 0.487 e. The highest BCUT2D eigenvalue weighted by molar-refractivity contribution is 9.10. The van der Waals surface area contributed by atoms with Crippen LogP contribution < -0.4 is 10.5 Å². The van der Waals surface area contributed by atoms with Gasteiger partial charge in [-0.25, -0.2) is 4.39 Å². The van der Waals surface area contributed by atoms with E-state index in [1.165, 1.54) is 18.2 Å². The summed E-state index contributed by atoms with van der Waals surface area (Å²) in [4.78, 5) is 0. The molecule has 0 aliphatic heterocycles. The highest BCUT2D eigenvalue weighted by Gasteiger charge is 2.04. The number of anilines is 1. The van der Waals surface area contributed by atoms with Crippen LogP contribution in [0.5, 0.6) is 5.75 Å². The van der Waals surface area contributed by atoms with Crippen molar-refractivity contribution in [3.8, 4) is 5.75 Å². The van der Waals surface area contributed by atoms with Gasteiger partial charge >= 0.3 is 0 Å². The molecule has 0 radical (unpaired) electrons. The number of rotatable bonds is 3. The first-order valence-electron chi connectivity index (χ1n) is 5.08. The van der Waals surface area contributed by atoms with Crippen LogP contribution in [-0.2, 0) is 6.61 Å². The van der Waals surface area contributed by atoms with Gasteiger partial charge in [0.15, 0.2) is 0 Å². The molecule has 0 saturated heterocycles. The number of nitrogens with two attached hydrogens (primary N) is 1. The highest BCUT2D eigenvalue weighted by atomic mass is 79.9. The van der Waals surface area contributed by atoms with Gasteiger partial charge in [0.25, 0.3) is 0 Å². The Morgan fingerprint density at radius 2 is 1.94 bits per heavy atom. The van der Waals surface area contributed by atoms with Crippen molar-refractivity contribution in [1.82, 2.24) is 0 Å². The molecule has 0 saturated carbocycles. The molecule has 0 aliphatic rings. The zero-order valence-electron chi connectivity index (χ0n) is 8.99. The fourth-order valence-electron chi connectivity index (χ4n) is 1.40. The Morgan fingerprint density at radius 1 is 1.18 bits per heavy atom. The Balaban J connectivity index is 2.12. The monoisotopic (exact) mass is 295 g/mol. The lowest BCUT2D eigenvalue weighted by atomic mass is 10.2. The van der Waals surface area contributed by atoms with Crippen LogP contribution in [0.15, 0.2) is 46.9 Å². The third-order valence-electron chi connectivity index (χ3n) is 2.32. The summed E-state index contributed by atoms with van der Waals surface area (Å²) in [6.45, 7) is 0.342. The average Bonchev–Trinajstić information content (AvgIpc) is 2.32. The summed E-state index contributed by atoms with van der Waals surface area (Å²) in [5.74, 6) is 0.00193. The molecule has 0 amide bonds. The Kier molecular flexibility index (Phi) is 3.64. The SMILES string of the molecule is Nc1ccc(F)cc1OCc1ccccc1Br. The van der Waals surface area contributed by atoms with Gasteiger partial charge in [-0.15, -0.1) is 0 Å². The molecule has 2 aromatic rings. The summed E-state index contributed by atoms with van der Waals surface area (Å²) >= 11 is 3.42. The van der Waals surface area contributed by atoms with E-state index in [9.17, 15) is 4.39 Å². The molecule has 2 N–H and O–H groups in total. The first-order valence-corrected chi connectivity index (χ1v) is 5.87. The van der Waals surface area contributed by atoms with Crippen molar-refractivity contribution in [1.29, 1.82) is 0 Å². The standard InChI is InChI=1S/C13H11BrFNO/c14-11-4-2-1-3-9(11)8-17-13-7-10(15)5-6-12(13)16/h1-7H,8,16H2. The molecule has 0 fully saturated rings. The zero-order valence-corrected chi connectivity index (χ0v) is 10.6. The van der Waals surface area contributed by atoms with Crippen molar-refractivity contribution >= 4 is 21.6 Å². The van der Waals surface area contributed by atoms with Crippen LogP contribution in [0.1, 0.15) is 5.56 Å². The van der Waals surface area contributed by atoms with Crippen molar-refractivity contribution in [3.63, 3.8) is 0 Å². The minimum absolute atomic E-state index is 0.342. The maximum Gasteiger partial charge on any atom is 0.145 e. The number of halogens is 2. The van der Waals surface area contributed by atoms with Gasteiger partial charge in [-0.1, -0.05) is 34.1 Å². The fourth-order valence-corrected chi connectivity index (χ4v) is 1.80.